The van der Waals surface area contributed by atoms with E-state index in [0.29, 0.717) is 18.0 Å². The van der Waals surface area contributed by atoms with E-state index in [4.69, 9.17) is 4.42 Å². The van der Waals surface area contributed by atoms with E-state index < -0.39 is 15.6 Å². The normalized spacial score (nSPS) is 12.5. The summed E-state index contributed by atoms with van der Waals surface area (Å²) in [7, 11) is -3.55. The quantitative estimate of drug-likeness (QED) is 0.851. The van der Waals surface area contributed by atoms with E-state index in [9.17, 15) is 8.42 Å². The van der Waals surface area contributed by atoms with E-state index in [1.807, 2.05) is 52.0 Å². The standard InChI is InChI=1S/C17H24N2O3S/c1-13-9-10-15(22-13)12-18-11-14-7-5-6-8-16(14)23(20,21)19-17(2,3)4/h5-10,18-19H,11-12H2,1-4H3. The van der Waals surface area contributed by atoms with Gasteiger partial charge in [0.2, 0.25) is 10.0 Å². The molecule has 0 spiro atoms. The fourth-order valence-corrected chi connectivity index (χ4v) is 3.93. The zero-order valence-corrected chi connectivity index (χ0v) is 14.8. The first-order valence-corrected chi connectivity index (χ1v) is 9.04. The molecular weight excluding hydrogens is 312 g/mol. The molecule has 2 aromatic rings. The number of hydrogen-bond donors (Lipinski definition) is 2. The van der Waals surface area contributed by atoms with Gasteiger partial charge in [-0.3, -0.25) is 0 Å². The van der Waals surface area contributed by atoms with E-state index in [0.717, 1.165) is 17.1 Å². The maximum atomic E-state index is 12.5. The van der Waals surface area contributed by atoms with Crippen LogP contribution in [-0.2, 0) is 23.1 Å². The summed E-state index contributed by atoms with van der Waals surface area (Å²) >= 11 is 0. The molecule has 2 rings (SSSR count). The Morgan fingerprint density at radius 3 is 2.35 bits per heavy atom. The van der Waals surface area contributed by atoms with Crippen LogP contribution in [0.2, 0.25) is 0 Å². The molecule has 0 amide bonds. The Hall–Kier alpha value is -1.63. The molecule has 1 aromatic carbocycles. The lowest BCUT2D eigenvalue weighted by Gasteiger charge is -2.21. The average Bonchev–Trinajstić information content (AvgIpc) is 2.82. The van der Waals surface area contributed by atoms with Gasteiger partial charge >= 0.3 is 0 Å². The fraction of sp³-hybridized carbons (Fsp3) is 0.412. The number of aryl methyl sites for hydroxylation is 1. The summed E-state index contributed by atoms with van der Waals surface area (Å²) in [6.45, 7) is 8.36. The van der Waals surface area contributed by atoms with Crippen LogP contribution in [0.15, 0.2) is 45.7 Å². The lowest BCUT2D eigenvalue weighted by atomic mass is 10.1. The Morgan fingerprint density at radius 1 is 1.04 bits per heavy atom. The van der Waals surface area contributed by atoms with Crippen LogP contribution in [0.4, 0.5) is 0 Å². The van der Waals surface area contributed by atoms with Gasteiger partial charge in [-0.05, 0) is 51.5 Å². The minimum absolute atomic E-state index is 0.304. The molecule has 0 saturated carbocycles. The second kappa shape index (κ2) is 6.86. The van der Waals surface area contributed by atoms with Crippen LogP contribution in [0, 0.1) is 6.92 Å². The van der Waals surface area contributed by atoms with Gasteiger partial charge < -0.3 is 9.73 Å². The summed E-state index contributed by atoms with van der Waals surface area (Å²) < 4.78 is 33.3. The smallest absolute Gasteiger partial charge is 0.241 e. The Labute approximate surface area is 138 Å². The molecular formula is C17H24N2O3S. The molecule has 1 aromatic heterocycles. The van der Waals surface area contributed by atoms with E-state index in [1.54, 1.807) is 12.1 Å². The number of sulfonamides is 1. The first-order valence-electron chi connectivity index (χ1n) is 7.55. The molecule has 126 valence electrons. The van der Waals surface area contributed by atoms with E-state index in [1.165, 1.54) is 0 Å². The second-order valence-corrected chi connectivity index (χ2v) is 8.23. The van der Waals surface area contributed by atoms with E-state index >= 15 is 0 Å². The monoisotopic (exact) mass is 336 g/mol. The van der Waals surface area contributed by atoms with Crippen molar-refractivity contribution in [2.24, 2.45) is 0 Å². The van der Waals surface area contributed by atoms with Crippen LogP contribution < -0.4 is 10.0 Å². The Morgan fingerprint density at radius 2 is 1.74 bits per heavy atom. The Bertz CT molecular complexity index is 758. The predicted octanol–water partition coefficient (Wildman–Crippen LogP) is 2.95. The van der Waals surface area contributed by atoms with Gasteiger partial charge in [0.1, 0.15) is 11.5 Å². The Kier molecular flexibility index (Phi) is 5.29. The molecule has 0 bridgehead atoms. The van der Waals surface area contributed by atoms with Crippen molar-refractivity contribution in [3.05, 3.63) is 53.5 Å². The molecule has 0 radical (unpaired) electrons. The first kappa shape index (κ1) is 17.7. The lowest BCUT2D eigenvalue weighted by molar-refractivity contribution is 0.461. The van der Waals surface area contributed by atoms with Crippen LogP contribution in [0.1, 0.15) is 37.9 Å². The van der Waals surface area contributed by atoms with Crippen molar-refractivity contribution in [2.45, 2.75) is 51.2 Å². The number of nitrogens with one attached hydrogen (secondary N) is 2. The minimum Gasteiger partial charge on any atom is -0.465 e. The van der Waals surface area contributed by atoms with Crippen LogP contribution in [0.25, 0.3) is 0 Å². The van der Waals surface area contributed by atoms with Gasteiger partial charge in [-0.15, -0.1) is 0 Å². The van der Waals surface area contributed by atoms with Crippen LogP contribution in [-0.4, -0.2) is 14.0 Å². The third kappa shape index (κ3) is 5.20. The largest absolute Gasteiger partial charge is 0.465 e. The van der Waals surface area contributed by atoms with Gasteiger partial charge in [-0.2, -0.15) is 0 Å². The van der Waals surface area contributed by atoms with Gasteiger partial charge in [0.05, 0.1) is 11.4 Å². The van der Waals surface area contributed by atoms with Crippen LogP contribution in [0.5, 0.6) is 0 Å². The molecule has 0 aliphatic carbocycles. The zero-order valence-electron chi connectivity index (χ0n) is 14.0. The molecule has 0 atom stereocenters. The van der Waals surface area contributed by atoms with Gasteiger partial charge in [0, 0.05) is 12.1 Å². The van der Waals surface area contributed by atoms with Gasteiger partial charge in [0.25, 0.3) is 0 Å². The predicted molar refractivity (Wildman–Crippen MR) is 90.5 cm³/mol. The molecule has 0 unspecified atom stereocenters. The van der Waals surface area contributed by atoms with Crippen molar-refractivity contribution in [1.82, 2.24) is 10.0 Å². The first-order chi connectivity index (χ1) is 10.7. The van der Waals surface area contributed by atoms with Crippen molar-refractivity contribution in [3.63, 3.8) is 0 Å². The maximum absolute atomic E-state index is 12.5. The zero-order chi connectivity index (χ0) is 17.1. The lowest BCUT2D eigenvalue weighted by Crippen LogP contribution is -2.40. The number of rotatable bonds is 6. The van der Waals surface area contributed by atoms with E-state index in [-0.39, 0.29) is 0 Å². The van der Waals surface area contributed by atoms with Crippen molar-refractivity contribution < 1.29 is 12.8 Å². The van der Waals surface area contributed by atoms with Gasteiger partial charge in [-0.1, -0.05) is 18.2 Å². The number of furan rings is 1. The SMILES string of the molecule is Cc1ccc(CNCc2ccccc2S(=O)(=O)NC(C)(C)C)o1. The molecule has 23 heavy (non-hydrogen) atoms. The minimum atomic E-state index is -3.55. The third-order valence-corrected chi connectivity index (χ3v) is 4.97. The summed E-state index contributed by atoms with van der Waals surface area (Å²) in [5, 5.41) is 3.22. The maximum Gasteiger partial charge on any atom is 0.241 e. The highest BCUT2D eigenvalue weighted by Crippen LogP contribution is 2.18. The van der Waals surface area contributed by atoms with Crippen molar-refractivity contribution >= 4 is 10.0 Å². The summed E-state index contributed by atoms with van der Waals surface area (Å²) in [5.41, 5.74) is 0.206. The van der Waals surface area contributed by atoms with Crippen molar-refractivity contribution in [2.75, 3.05) is 0 Å². The third-order valence-electron chi connectivity index (χ3n) is 3.11. The molecule has 0 aliphatic rings. The Balaban J connectivity index is 2.11. The molecule has 5 nitrogen and oxygen atoms in total. The number of benzene rings is 1. The molecule has 0 saturated heterocycles. The topological polar surface area (TPSA) is 71.3 Å². The molecule has 0 fully saturated rings. The van der Waals surface area contributed by atoms with E-state index in [2.05, 4.69) is 10.0 Å². The van der Waals surface area contributed by atoms with Crippen LogP contribution in [0.3, 0.4) is 0 Å². The second-order valence-electron chi connectivity index (χ2n) is 6.58. The summed E-state index contributed by atoms with van der Waals surface area (Å²) in [6, 6.07) is 10.8. The average molecular weight is 336 g/mol. The highest BCUT2D eigenvalue weighted by atomic mass is 32.2. The van der Waals surface area contributed by atoms with Crippen LogP contribution >= 0.6 is 0 Å². The van der Waals surface area contributed by atoms with Gasteiger partial charge in [-0.25, -0.2) is 13.1 Å². The van der Waals surface area contributed by atoms with Crippen molar-refractivity contribution in [1.29, 1.82) is 0 Å². The van der Waals surface area contributed by atoms with Gasteiger partial charge in [0.15, 0.2) is 0 Å². The fourth-order valence-electron chi connectivity index (χ4n) is 2.27. The summed E-state index contributed by atoms with van der Waals surface area (Å²) in [5.74, 6) is 1.69. The summed E-state index contributed by atoms with van der Waals surface area (Å²) in [6.07, 6.45) is 0. The highest BCUT2D eigenvalue weighted by Gasteiger charge is 2.24. The molecule has 0 aliphatic heterocycles. The molecule has 2 N–H and O–H groups in total. The molecule has 1 heterocycles. The summed E-state index contributed by atoms with van der Waals surface area (Å²) in [4.78, 5) is 0.304. The highest BCUT2D eigenvalue weighted by molar-refractivity contribution is 7.89. The number of hydrogen-bond acceptors (Lipinski definition) is 4. The van der Waals surface area contributed by atoms with Crippen molar-refractivity contribution in [3.8, 4) is 0 Å². The molecule has 6 heteroatoms.